The summed E-state index contributed by atoms with van der Waals surface area (Å²) >= 11 is 0. The highest BCUT2D eigenvalue weighted by molar-refractivity contribution is 5.01. The van der Waals surface area contributed by atoms with E-state index in [1.165, 1.54) is 19.4 Å². The minimum atomic E-state index is 0.408. The molecule has 1 N–H and O–H groups in total. The van der Waals surface area contributed by atoms with E-state index in [0.717, 1.165) is 18.4 Å². The van der Waals surface area contributed by atoms with E-state index in [1.54, 1.807) is 0 Å². The predicted octanol–water partition coefficient (Wildman–Crippen LogP) is 2.49. The number of piperazine rings is 1. The summed E-state index contributed by atoms with van der Waals surface area (Å²) in [5, 5.41) is 3.63. The summed E-state index contributed by atoms with van der Waals surface area (Å²) in [6.07, 6.45) is 2.88. The predicted molar refractivity (Wildman–Crippen MR) is 69.6 cm³/mol. The van der Waals surface area contributed by atoms with Gasteiger partial charge < -0.3 is 5.32 Å². The second kappa shape index (κ2) is 4.30. The van der Waals surface area contributed by atoms with Crippen LogP contribution < -0.4 is 5.32 Å². The first kappa shape index (κ1) is 12.4. The van der Waals surface area contributed by atoms with Gasteiger partial charge in [0.2, 0.25) is 0 Å². The van der Waals surface area contributed by atoms with Gasteiger partial charge in [0.25, 0.3) is 0 Å². The van der Waals surface area contributed by atoms with Crippen molar-refractivity contribution >= 4 is 0 Å². The van der Waals surface area contributed by atoms with Gasteiger partial charge in [-0.3, -0.25) is 4.90 Å². The molecule has 2 atom stereocenters. The average molecular weight is 224 g/mol. The first-order valence-electron chi connectivity index (χ1n) is 6.93. The number of hydrogen-bond acceptors (Lipinski definition) is 2. The summed E-state index contributed by atoms with van der Waals surface area (Å²) in [6.45, 7) is 14.3. The molecule has 0 radical (unpaired) electrons. The molecule has 0 spiro atoms. The zero-order valence-electron chi connectivity index (χ0n) is 11.6. The third-order valence-electron chi connectivity index (χ3n) is 4.63. The fourth-order valence-corrected chi connectivity index (χ4v) is 3.21. The van der Waals surface area contributed by atoms with Gasteiger partial charge in [0.15, 0.2) is 0 Å². The van der Waals surface area contributed by atoms with E-state index in [9.17, 15) is 0 Å². The molecule has 1 saturated carbocycles. The quantitative estimate of drug-likeness (QED) is 0.792. The van der Waals surface area contributed by atoms with Crippen molar-refractivity contribution < 1.29 is 0 Å². The third-order valence-corrected chi connectivity index (χ3v) is 4.63. The number of rotatable bonds is 3. The van der Waals surface area contributed by atoms with Gasteiger partial charge in [0.05, 0.1) is 0 Å². The highest BCUT2D eigenvalue weighted by Crippen LogP contribution is 2.44. The largest absolute Gasteiger partial charge is 0.311 e. The SMILES string of the molecule is CC1CN(C(C)(C)C2CC2)C(C(C)C)CN1. The Labute approximate surface area is 101 Å². The van der Waals surface area contributed by atoms with Gasteiger partial charge in [-0.15, -0.1) is 0 Å². The van der Waals surface area contributed by atoms with Crippen LogP contribution in [-0.4, -0.2) is 35.6 Å². The summed E-state index contributed by atoms with van der Waals surface area (Å²) in [4.78, 5) is 2.79. The molecule has 2 rings (SSSR count). The normalized spacial score (nSPS) is 33.4. The van der Waals surface area contributed by atoms with Crippen LogP contribution in [0, 0.1) is 11.8 Å². The molecule has 0 aromatic rings. The second-order valence-corrected chi connectivity index (χ2v) is 6.70. The molecule has 94 valence electrons. The smallest absolute Gasteiger partial charge is 0.0249 e. The van der Waals surface area contributed by atoms with Crippen molar-refractivity contribution in [1.29, 1.82) is 0 Å². The Bertz CT molecular complexity index is 243. The Morgan fingerprint density at radius 1 is 1.25 bits per heavy atom. The number of nitrogens with zero attached hydrogens (tertiary/aromatic N) is 1. The van der Waals surface area contributed by atoms with Gasteiger partial charge in [-0.1, -0.05) is 13.8 Å². The monoisotopic (exact) mass is 224 g/mol. The summed E-state index contributed by atoms with van der Waals surface area (Å²) < 4.78 is 0. The van der Waals surface area contributed by atoms with E-state index in [1.807, 2.05) is 0 Å². The van der Waals surface area contributed by atoms with Gasteiger partial charge in [-0.2, -0.15) is 0 Å². The van der Waals surface area contributed by atoms with E-state index >= 15 is 0 Å². The van der Waals surface area contributed by atoms with Crippen molar-refractivity contribution in [3.8, 4) is 0 Å². The molecule has 0 amide bonds. The van der Waals surface area contributed by atoms with Gasteiger partial charge in [-0.05, 0) is 45.4 Å². The van der Waals surface area contributed by atoms with Gasteiger partial charge >= 0.3 is 0 Å². The minimum absolute atomic E-state index is 0.408. The van der Waals surface area contributed by atoms with Crippen LogP contribution in [0.1, 0.15) is 47.5 Å². The topological polar surface area (TPSA) is 15.3 Å². The first-order chi connectivity index (χ1) is 7.43. The van der Waals surface area contributed by atoms with Crippen molar-refractivity contribution in [2.75, 3.05) is 13.1 Å². The lowest BCUT2D eigenvalue weighted by atomic mass is 9.88. The zero-order valence-corrected chi connectivity index (χ0v) is 11.6. The Balaban J connectivity index is 2.13. The third kappa shape index (κ3) is 2.28. The zero-order chi connectivity index (χ0) is 11.9. The summed E-state index contributed by atoms with van der Waals surface area (Å²) in [5.74, 6) is 1.69. The van der Waals surface area contributed by atoms with Crippen molar-refractivity contribution in [3.63, 3.8) is 0 Å². The molecule has 1 heterocycles. The molecule has 2 aliphatic rings. The van der Waals surface area contributed by atoms with E-state index in [0.29, 0.717) is 17.6 Å². The van der Waals surface area contributed by atoms with E-state index in [-0.39, 0.29) is 0 Å². The van der Waals surface area contributed by atoms with Gasteiger partial charge in [0, 0.05) is 30.7 Å². The maximum Gasteiger partial charge on any atom is 0.0249 e. The molecule has 2 fully saturated rings. The van der Waals surface area contributed by atoms with Crippen molar-refractivity contribution in [1.82, 2.24) is 10.2 Å². The average Bonchev–Trinajstić information content (AvgIpc) is 3.00. The van der Waals surface area contributed by atoms with Crippen LogP contribution in [0.25, 0.3) is 0 Å². The van der Waals surface area contributed by atoms with Gasteiger partial charge in [-0.25, -0.2) is 0 Å². The highest BCUT2D eigenvalue weighted by Gasteiger charge is 2.46. The molecule has 2 heteroatoms. The summed E-state index contributed by atoms with van der Waals surface area (Å²) in [7, 11) is 0. The Morgan fingerprint density at radius 3 is 2.38 bits per heavy atom. The van der Waals surface area contributed by atoms with Crippen LogP contribution in [0.3, 0.4) is 0 Å². The van der Waals surface area contributed by atoms with Crippen LogP contribution in [0.4, 0.5) is 0 Å². The molecule has 0 bridgehead atoms. The highest BCUT2D eigenvalue weighted by atomic mass is 15.3. The van der Waals surface area contributed by atoms with Crippen LogP contribution in [-0.2, 0) is 0 Å². The molecular weight excluding hydrogens is 196 g/mol. The van der Waals surface area contributed by atoms with Gasteiger partial charge in [0.1, 0.15) is 0 Å². The van der Waals surface area contributed by atoms with E-state index in [2.05, 4.69) is 44.8 Å². The fourth-order valence-electron chi connectivity index (χ4n) is 3.21. The molecule has 16 heavy (non-hydrogen) atoms. The summed E-state index contributed by atoms with van der Waals surface area (Å²) in [6, 6.07) is 1.36. The van der Waals surface area contributed by atoms with Crippen molar-refractivity contribution in [2.45, 2.75) is 65.1 Å². The molecular formula is C14H28N2. The number of nitrogens with one attached hydrogen (secondary N) is 1. The maximum absolute atomic E-state index is 3.63. The molecule has 1 saturated heterocycles. The summed E-state index contributed by atoms with van der Waals surface area (Å²) in [5.41, 5.74) is 0.408. The van der Waals surface area contributed by atoms with Crippen LogP contribution in [0.5, 0.6) is 0 Å². The van der Waals surface area contributed by atoms with Crippen LogP contribution in [0.2, 0.25) is 0 Å². The second-order valence-electron chi connectivity index (χ2n) is 6.70. The molecule has 1 aliphatic heterocycles. The molecule has 2 nitrogen and oxygen atoms in total. The standard InChI is InChI=1S/C14H28N2/c1-10(2)13-8-15-11(3)9-16(13)14(4,5)12-6-7-12/h10-13,15H,6-9H2,1-5H3. The first-order valence-corrected chi connectivity index (χ1v) is 6.93. The Hall–Kier alpha value is -0.0800. The number of hydrogen-bond donors (Lipinski definition) is 1. The van der Waals surface area contributed by atoms with Crippen LogP contribution >= 0.6 is 0 Å². The molecule has 0 aromatic carbocycles. The van der Waals surface area contributed by atoms with Crippen LogP contribution in [0.15, 0.2) is 0 Å². The maximum atomic E-state index is 3.63. The molecule has 0 aromatic heterocycles. The van der Waals surface area contributed by atoms with Crippen molar-refractivity contribution in [3.05, 3.63) is 0 Å². The van der Waals surface area contributed by atoms with E-state index < -0.39 is 0 Å². The molecule has 1 aliphatic carbocycles. The van der Waals surface area contributed by atoms with E-state index in [4.69, 9.17) is 0 Å². The lowest BCUT2D eigenvalue weighted by Crippen LogP contribution is -2.64. The Morgan fingerprint density at radius 2 is 1.88 bits per heavy atom. The lowest BCUT2D eigenvalue weighted by Gasteiger charge is -2.50. The molecule has 2 unspecified atom stereocenters. The minimum Gasteiger partial charge on any atom is -0.311 e. The van der Waals surface area contributed by atoms with Crippen molar-refractivity contribution in [2.24, 2.45) is 11.8 Å². The fraction of sp³-hybridized carbons (Fsp3) is 1.00. The lowest BCUT2D eigenvalue weighted by molar-refractivity contribution is 0.000523. The Kier molecular flexibility index (Phi) is 3.33.